The van der Waals surface area contributed by atoms with Gasteiger partial charge in [0, 0.05) is 26.1 Å². The highest BCUT2D eigenvalue weighted by Crippen LogP contribution is 2.15. The summed E-state index contributed by atoms with van der Waals surface area (Å²) in [5.74, 6) is -2.07. The first-order chi connectivity index (χ1) is 8.91. The van der Waals surface area contributed by atoms with E-state index in [0.29, 0.717) is 19.4 Å². The number of primary amides is 1. The van der Waals surface area contributed by atoms with Gasteiger partial charge in [-0.2, -0.15) is 0 Å². The lowest BCUT2D eigenvalue weighted by molar-refractivity contribution is -0.146. The summed E-state index contributed by atoms with van der Waals surface area (Å²) in [5.41, 5.74) is 5.21. The lowest BCUT2D eigenvalue weighted by Crippen LogP contribution is -2.48. The molecule has 0 aromatic carbocycles. The van der Waals surface area contributed by atoms with Gasteiger partial charge in [-0.15, -0.1) is 0 Å². The number of piperidine rings is 1. The molecule has 0 aliphatic carbocycles. The first-order valence-corrected chi connectivity index (χ1v) is 6.14. The van der Waals surface area contributed by atoms with E-state index in [0.717, 1.165) is 0 Å². The standard InChI is InChI=1S/C11H19N3O5/c12-9(16)7-2-1-5-14(6-7)11(19)13-4-3-8(15)10(17)18/h7-8,15H,1-6H2,(H2,12,16)(H,13,19)(H,17,18). The number of carboxylic acid groups (broad SMARTS) is 1. The molecule has 1 aliphatic rings. The number of aliphatic hydroxyl groups excluding tert-OH is 1. The van der Waals surface area contributed by atoms with Crippen LogP contribution in [0.15, 0.2) is 0 Å². The number of urea groups is 1. The maximum Gasteiger partial charge on any atom is 0.332 e. The SMILES string of the molecule is NC(=O)C1CCCN(C(=O)NCCC(O)C(=O)O)C1. The number of nitrogens with one attached hydrogen (secondary N) is 1. The van der Waals surface area contributed by atoms with Gasteiger partial charge in [-0.1, -0.05) is 0 Å². The van der Waals surface area contributed by atoms with Crippen LogP contribution in [-0.2, 0) is 9.59 Å². The topological polar surface area (TPSA) is 133 Å². The van der Waals surface area contributed by atoms with Crippen molar-refractivity contribution in [1.82, 2.24) is 10.2 Å². The maximum absolute atomic E-state index is 11.8. The highest BCUT2D eigenvalue weighted by atomic mass is 16.4. The number of amides is 3. The molecule has 2 unspecified atom stereocenters. The number of carboxylic acids is 1. The minimum absolute atomic E-state index is 0.0596. The molecular formula is C11H19N3O5. The van der Waals surface area contributed by atoms with Crippen LogP contribution >= 0.6 is 0 Å². The predicted octanol–water partition coefficient (Wildman–Crippen LogP) is -1.27. The van der Waals surface area contributed by atoms with Gasteiger partial charge in [0.05, 0.1) is 5.92 Å². The lowest BCUT2D eigenvalue weighted by Gasteiger charge is -2.31. The number of nitrogens with two attached hydrogens (primary N) is 1. The molecule has 1 rings (SSSR count). The van der Waals surface area contributed by atoms with E-state index >= 15 is 0 Å². The number of nitrogens with zero attached hydrogens (tertiary/aromatic N) is 1. The summed E-state index contributed by atoms with van der Waals surface area (Å²) in [4.78, 5) is 34.7. The molecule has 0 aromatic rings. The summed E-state index contributed by atoms with van der Waals surface area (Å²) in [6.07, 6.45) is -0.163. The second kappa shape index (κ2) is 6.93. The molecular weight excluding hydrogens is 254 g/mol. The van der Waals surface area contributed by atoms with E-state index in [4.69, 9.17) is 15.9 Å². The van der Waals surface area contributed by atoms with Gasteiger partial charge in [0.1, 0.15) is 0 Å². The van der Waals surface area contributed by atoms with E-state index in [9.17, 15) is 14.4 Å². The first kappa shape index (κ1) is 15.2. The van der Waals surface area contributed by atoms with Gasteiger partial charge in [-0.25, -0.2) is 9.59 Å². The Kier molecular flexibility index (Phi) is 5.56. The molecule has 0 aromatic heterocycles. The molecule has 0 radical (unpaired) electrons. The maximum atomic E-state index is 11.8. The fourth-order valence-electron chi connectivity index (χ4n) is 1.94. The fourth-order valence-corrected chi connectivity index (χ4v) is 1.94. The molecule has 3 amide bonds. The number of aliphatic carboxylic acids is 1. The van der Waals surface area contributed by atoms with E-state index < -0.39 is 18.0 Å². The van der Waals surface area contributed by atoms with Gasteiger partial charge in [0.25, 0.3) is 0 Å². The predicted molar refractivity (Wildman–Crippen MR) is 65.1 cm³/mol. The molecule has 0 bridgehead atoms. The van der Waals surface area contributed by atoms with Gasteiger partial charge < -0.3 is 26.2 Å². The molecule has 8 heteroatoms. The van der Waals surface area contributed by atoms with Crippen LogP contribution in [0.3, 0.4) is 0 Å². The third-order valence-electron chi connectivity index (χ3n) is 3.09. The van der Waals surface area contributed by atoms with Crippen molar-refractivity contribution in [3.05, 3.63) is 0 Å². The van der Waals surface area contributed by atoms with Crippen molar-refractivity contribution < 1.29 is 24.6 Å². The van der Waals surface area contributed by atoms with Crippen LogP contribution < -0.4 is 11.1 Å². The second-order valence-corrected chi connectivity index (χ2v) is 4.56. The van der Waals surface area contributed by atoms with Crippen LogP contribution in [0.2, 0.25) is 0 Å². The molecule has 1 aliphatic heterocycles. The number of aliphatic hydroxyl groups is 1. The third kappa shape index (κ3) is 4.74. The van der Waals surface area contributed by atoms with Crippen molar-refractivity contribution in [2.75, 3.05) is 19.6 Å². The van der Waals surface area contributed by atoms with Gasteiger partial charge >= 0.3 is 12.0 Å². The summed E-state index contributed by atoms with van der Waals surface area (Å²) in [5, 5.41) is 20.0. The normalized spacial score (nSPS) is 20.7. The van der Waals surface area contributed by atoms with Crippen LogP contribution in [0.5, 0.6) is 0 Å². The lowest BCUT2D eigenvalue weighted by atomic mass is 9.98. The highest BCUT2D eigenvalue weighted by Gasteiger charge is 2.26. The van der Waals surface area contributed by atoms with Crippen molar-refractivity contribution in [3.8, 4) is 0 Å². The van der Waals surface area contributed by atoms with Crippen molar-refractivity contribution in [3.63, 3.8) is 0 Å². The molecule has 1 saturated heterocycles. The second-order valence-electron chi connectivity index (χ2n) is 4.56. The zero-order valence-corrected chi connectivity index (χ0v) is 10.5. The van der Waals surface area contributed by atoms with Crippen molar-refractivity contribution in [2.24, 2.45) is 11.7 Å². The van der Waals surface area contributed by atoms with E-state index in [2.05, 4.69) is 5.32 Å². The molecule has 0 spiro atoms. The Morgan fingerprint density at radius 2 is 2.11 bits per heavy atom. The molecule has 19 heavy (non-hydrogen) atoms. The molecule has 2 atom stereocenters. The zero-order chi connectivity index (χ0) is 14.4. The molecule has 1 heterocycles. The number of likely N-dealkylation sites (tertiary alicyclic amines) is 1. The number of hydrogen-bond donors (Lipinski definition) is 4. The number of carbonyl (C=O) groups is 3. The van der Waals surface area contributed by atoms with Gasteiger partial charge in [-0.05, 0) is 12.8 Å². The molecule has 108 valence electrons. The number of hydrogen-bond acceptors (Lipinski definition) is 4. The summed E-state index contributed by atoms with van der Waals surface area (Å²) in [6.45, 7) is 0.879. The van der Waals surface area contributed by atoms with Crippen LogP contribution in [0.1, 0.15) is 19.3 Å². The van der Waals surface area contributed by atoms with Crippen molar-refractivity contribution in [1.29, 1.82) is 0 Å². The Labute approximate surface area is 110 Å². The highest BCUT2D eigenvalue weighted by molar-refractivity contribution is 5.79. The summed E-state index contributed by atoms with van der Waals surface area (Å²) in [7, 11) is 0. The summed E-state index contributed by atoms with van der Waals surface area (Å²) < 4.78 is 0. The number of rotatable bonds is 5. The monoisotopic (exact) mass is 273 g/mol. The van der Waals surface area contributed by atoms with Crippen LogP contribution in [0.4, 0.5) is 4.79 Å². The van der Waals surface area contributed by atoms with Crippen LogP contribution in [-0.4, -0.2) is 58.8 Å². The molecule has 8 nitrogen and oxygen atoms in total. The van der Waals surface area contributed by atoms with Crippen LogP contribution in [0.25, 0.3) is 0 Å². The minimum Gasteiger partial charge on any atom is -0.479 e. The Balaban J connectivity index is 2.33. The largest absolute Gasteiger partial charge is 0.479 e. The van der Waals surface area contributed by atoms with Crippen molar-refractivity contribution >= 4 is 17.9 Å². The Morgan fingerprint density at radius 3 is 2.68 bits per heavy atom. The average molecular weight is 273 g/mol. The molecule has 5 N–H and O–H groups in total. The van der Waals surface area contributed by atoms with E-state index in [1.165, 1.54) is 4.90 Å². The minimum atomic E-state index is -1.49. The smallest absolute Gasteiger partial charge is 0.332 e. The van der Waals surface area contributed by atoms with Gasteiger partial charge in [-0.3, -0.25) is 4.79 Å². The van der Waals surface area contributed by atoms with E-state index in [1.54, 1.807) is 0 Å². The number of carbonyl (C=O) groups excluding carboxylic acids is 2. The zero-order valence-electron chi connectivity index (χ0n) is 10.5. The van der Waals surface area contributed by atoms with Gasteiger partial charge in [0.2, 0.25) is 5.91 Å². The fraction of sp³-hybridized carbons (Fsp3) is 0.727. The van der Waals surface area contributed by atoms with Gasteiger partial charge in [0.15, 0.2) is 6.10 Å². The Hall–Kier alpha value is -1.83. The van der Waals surface area contributed by atoms with Crippen LogP contribution in [0, 0.1) is 5.92 Å². The quantitative estimate of drug-likeness (QED) is 0.495. The van der Waals surface area contributed by atoms with E-state index in [1.807, 2.05) is 0 Å². The summed E-state index contributed by atoms with van der Waals surface area (Å²) in [6, 6.07) is -0.372. The third-order valence-corrected chi connectivity index (χ3v) is 3.09. The molecule has 0 saturated carbocycles. The Bertz CT molecular complexity index is 360. The van der Waals surface area contributed by atoms with Crippen molar-refractivity contribution in [2.45, 2.75) is 25.4 Å². The Morgan fingerprint density at radius 1 is 1.42 bits per heavy atom. The first-order valence-electron chi connectivity index (χ1n) is 6.14. The summed E-state index contributed by atoms with van der Waals surface area (Å²) >= 11 is 0. The average Bonchev–Trinajstić information content (AvgIpc) is 2.38. The molecule has 1 fully saturated rings. The van der Waals surface area contributed by atoms with E-state index in [-0.39, 0.29) is 31.5 Å².